The largest absolute Gasteiger partial charge is 0.465 e. The van der Waals surface area contributed by atoms with Gasteiger partial charge in [0.25, 0.3) is 10.0 Å². The lowest BCUT2D eigenvalue weighted by Gasteiger charge is -2.14. The number of esters is 1. The number of sulfonamides is 1. The van der Waals surface area contributed by atoms with Crippen LogP contribution in [-0.2, 0) is 19.6 Å². The zero-order valence-electron chi connectivity index (χ0n) is 9.97. The maximum absolute atomic E-state index is 12.0. The number of nitrogens with zero attached hydrogens (tertiary/aromatic N) is 1. The molecule has 96 valence electrons. The first kappa shape index (κ1) is 14.1. The van der Waals surface area contributed by atoms with Gasteiger partial charge in [-0.2, -0.15) is 4.31 Å². The summed E-state index contributed by atoms with van der Waals surface area (Å²) in [6.07, 6.45) is 0. The lowest BCUT2D eigenvalue weighted by molar-refractivity contribution is -0.143. The van der Waals surface area contributed by atoms with Crippen molar-refractivity contribution in [3.05, 3.63) is 17.0 Å². The van der Waals surface area contributed by atoms with E-state index in [1.165, 1.54) is 24.5 Å². The van der Waals surface area contributed by atoms with E-state index in [0.29, 0.717) is 0 Å². The number of carbonyl (C=O) groups is 1. The Hall–Kier alpha value is -0.920. The molecular formula is C10H15NO4S2. The van der Waals surface area contributed by atoms with E-state index in [0.717, 1.165) is 9.18 Å². The van der Waals surface area contributed by atoms with Gasteiger partial charge in [-0.15, -0.1) is 11.3 Å². The normalized spacial score (nSPS) is 11.8. The van der Waals surface area contributed by atoms with Gasteiger partial charge >= 0.3 is 5.97 Å². The molecule has 1 heterocycles. The molecule has 0 atom stereocenters. The van der Waals surface area contributed by atoms with Crippen LogP contribution in [0, 0.1) is 6.92 Å². The van der Waals surface area contributed by atoms with Gasteiger partial charge in [-0.25, -0.2) is 8.42 Å². The van der Waals surface area contributed by atoms with Crippen LogP contribution in [0.2, 0.25) is 0 Å². The molecule has 7 heteroatoms. The zero-order chi connectivity index (χ0) is 13.1. The van der Waals surface area contributed by atoms with Crippen molar-refractivity contribution in [3.63, 3.8) is 0 Å². The Bertz CT molecular complexity index is 492. The second-order valence-electron chi connectivity index (χ2n) is 3.43. The van der Waals surface area contributed by atoms with Gasteiger partial charge < -0.3 is 4.74 Å². The van der Waals surface area contributed by atoms with Gasteiger partial charge in [-0.3, -0.25) is 4.79 Å². The van der Waals surface area contributed by atoms with E-state index in [-0.39, 0.29) is 17.4 Å². The van der Waals surface area contributed by atoms with Crippen LogP contribution in [0.4, 0.5) is 0 Å². The van der Waals surface area contributed by atoms with E-state index in [4.69, 9.17) is 4.74 Å². The van der Waals surface area contributed by atoms with Crippen LogP contribution >= 0.6 is 11.3 Å². The summed E-state index contributed by atoms with van der Waals surface area (Å²) < 4.78 is 30.0. The Balaban J connectivity index is 2.81. The predicted octanol–water partition coefficient (Wildman–Crippen LogP) is 1.24. The molecule has 0 aliphatic heterocycles. The number of thiophene rings is 1. The van der Waals surface area contributed by atoms with Crippen molar-refractivity contribution in [1.29, 1.82) is 0 Å². The molecule has 1 aromatic heterocycles. The van der Waals surface area contributed by atoms with Crippen LogP contribution < -0.4 is 0 Å². The first-order valence-corrected chi connectivity index (χ1v) is 7.32. The third-order valence-corrected chi connectivity index (χ3v) is 5.31. The van der Waals surface area contributed by atoms with Crippen molar-refractivity contribution in [3.8, 4) is 0 Å². The molecule has 0 saturated heterocycles. The van der Waals surface area contributed by atoms with Crippen LogP contribution in [0.15, 0.2) is 16.3 Å². The first-order chi connectivity index (χ1) is 7.87. The molecule has 0 unspecified atom stereocenters. The highest BCUT2D eigenvalue weighted by atomic mass is 32.2. The van der Waals surface area contributed by atoms with Crippen molar-refractivity contribution in [1.82, 2.24) is 4.31 Å². The summed E-state index contributed by atoms with van der Waals surface area (Å²) in [5, 5.41) is 0. The molecule has 0 aliphatic carbocycles. The summed E-state index contributed by atoms with van der Waals surface area (Å²) in [7, 11) is -2.22. The summed E-state index contributed by atoms with van der Waals surface area (Å²) >= 11 is 1.18. The van der Waals surface area contributed by atoms with Crippen LogP contribution in [-0.4, -0.2) is 38.9 Å². The predicted molar refractivity (Wildman–Crippen MR) is 65.5 cm³/mol. The Morgan fingerprint density at radius 3 is 2.59 bits per heavy atom. The number of likely N-dealkylation sites (N-methyl/N-ethyl adjacent to an activating group) is 1. The molecule has 0 aromatic carbocycles. The van der Waals surface area contributed by atoms with E-state index in [1.807, 2.05) is 6.92 Å². The molecule has 0 saturated carbocycles. The number of rotatable bonds is 5. The van der Waals surface area contributed by atoms with Crippen molar-refractivity contribution < 1.29 is 17.9 Å². The molecular weight excluding hydrogens is 262 g/mol. The van der Waals surface area contributed by atoms with Gasteiger partial charge in [0.2, 0.25) is 0 Å². The Labute approximate surface area is 105 Å². The lowest BCUT2D eigenvalue weighted by atomic mass is 10.5. The van der Waals surface area contributed by atoms with Gasteiger partial charge in [0.15, 0.2) is 0 Å². The summed E-state index contributed by atoms with van der Waals surface area (Å²) in [4.78, 5) is 12.1. The van der Waals surface area contributed by atoms with Crippen LogP contribution in [0.1, 0.15) is 11.8 Å². The average Bonchev–Trinajstić information content (AvgIpc) is 2.65. The Kier molecular flexibility index (Phi) is 4.67. The standard InChI is InChI=1S/C10H15NO4S2/c1-4-15-9(12)7-11(3)17(13,14)10-6-5-8(2)16-10/h5-6H,4,7H2,1-3H3. The van der Waals surface area contributed by atoms with E-state index in [2.05, 4.69) is 0 Å². The molecule has 0 radical (unpaired) electrons. The quantitative estimate of drug-likeness (QED) is 0.760. The SMILES string of the molecule is CCOC(=O)CN(C)S(=O)(=O)c1ccc(C)s1. The Morgan fingerprint density at radius 1 is 1.47 bits per heavy atom. The molecule has 17 heavy (non-hydrogen) atoms. The minimum Gasteiger partial charge on any atom is -0.465 e. The van der Waals surface area contributed by atoms with E-state index in [9.17, 15) is 13.2 Å². The highest BCUT2D eigenvalue weighted by molar-refractivity contribution is 7.91. The Morgan fingerprint density at radius 2 is 2.12 bits per heavy atom. The van der Waals surface area contributed by atoms with E-state index < -0.39 is 16.0 Å². The molecule has 1 aromatic rings. The van der Waals surface area contributed by atoms with Crippen LogP contribution in [0.5, 0.6) is 0 Å². The van der Waals surface area contributed by atoms with E-state index in [1.54, 1.807) is 13.0 Å². The van der Waals surface area contributed by atoms with Crippen LogP contribution in [0.25, 0.3) is 0 Å². The summed E-state index contributed by atoms with van der Waals surface area (Å²) in [5.41, 5.74) is 0. The lowest BCUT2D eigenvalue weighted by Crippen LogP contribution is -2.32. The second kappa shape index (κ2) is 5.61. The smallest absolute Gasteiger partial charge is 0.321 e. The van der Waals surface area contributed by atoms with Gasteiger partial charge in [0.1, 0.15) is 10.8 Å². The molecule has 0 spiro atoms. The molecule has 0 N–H and O–H groups in total. The third-order valence-electron chi connectivity index (χ3n) is 2.04. The molecule has 5 nitrogen and oxygen atoms in total. The van der Waals surface area contributed by atoms with Gasteiger partial charge in [0, 0.05) is 11.9 Å². The maximum atomic E-state index is 12.0. The first-order valence-electron chi connectivity index (χ1n) is 5.06. The number of ether oxygens (including phenoxy) is 1. The van der Waals surface area contributed by atoms with E-state index >= 15 is 0 Å². The number of hydrogen-bond donors (Lipinski definition) is 0. The fourth-order valence-electron chi connectivity index (χ4n) is 1.18. The number of aryl methyl sites for hydroxylation is 1. The van der Waals surface area contributed by atoms with Gasteiger partial charge in [0.05, 0.1) is 6.61 Å². The number of hydrogen-bond acceptors (Lipinski definition) is 5. The highest BCUT2D eigenvalue weighted by Crippen LogP contribution is 2.23. The molecule has 0 amide bonds. The zero-order valence-corrected chi connectivity index (χ0v) is 11.6. The van der Waals surface area contributed by atoms with Crippen molar-refractivity contribution >= 4 is 27.3 Å². The summed E-state index contributed by atoms with van der Waals surface area (Å²) in [5.74, 6) is -0.549. The molecule has 0 fully saturated rings. The average molecular weight is 277 g/mol. The molecule has 0 bridgehead atoms. The second-order valence-corrected chi connectivity index (χ2v) is 6.99. The summed E-state index contributed by atoms with van der Waals surface area (Å²) in [6, 6.07) is 3.27. The van der Waals surface area contributed by atoms with Crippen LogP contribution in [0.3, 0.4) is 0 Å². The summed E-state index contributed by atoms with van der Waals surface area (Å²) in [6.45, 7) is 3.47. The fourth-order valence-corrected chi connectivity index (χ4v) is 3.79. The highest BCUT2D eigenvalue weighted by Gasteiger charge is 2.24. The number of carbonyl (C=O) groups excluding carboxylic acids is 1. The van der Waals surface area contributed by atoms with Crippen molar-refractivity contribution in [2.24, 2.45) is 0 Å². The van der Waals surface area contributed by atoms with Gasteiger partial charge in [-0.1, -0.05) is 0 Å². The minimum atomic E-state index is -3.58. The molecule has 1 rings (SSSR count). The third kappa shape index (κ3) is 3.52. The monoisotopic (exact) mass is 277 g/mol. The maximum Gasteiger partial charge on any atom is 0.321 e. The minimum absolute atomic E-state index is 0.238. The van der Waals surface area contributed by atoms with Crippen molar-refractivity contribution in [2.45, 2.75) is 18.1 Å². The topological polar surface area (TPSA) is 63.7 Å². The van der Waals surface area contributed by atoms with Gasteiger partial charge in [-0.05, 0) is 26.0 Å². The molecule has 0 aliphatic rings. The fraction of sp³-hybridized carbons (Fsp3) is 0.500. The van der Waals surface area contributed by atoms with Crippen molar-refractivity contribution in [2.75, 3.05) is 20.2 Å².